The van der Waals surface area contributed by atoms with Gasteiger partial charge >= 0.3 is 6.03 Å². The summed E-state index contributed by atoms with van der Waals surface area (Å²) in [6.07, 6.45) is 4.83. The van der Waals surface area contributed by atoms with Crippen molar-refractivity contribution in [2.24, 2.45) is 0 Å². The summed E-state index contributed by atoms with van der Waals surface area (Å²) in [6.45, 7) is 4.84. The Morgan fingerprint density at radius 2 is 2.00 bits per heavy atom. The van der Waals surface area contributed by atoms with Crippen LogP contribution < -0.4 is 10.6 Å². The smallest absolute Gasteiger partial charge is 0.325 e. The Kier molecular flexibility index (Phi) is 5.25. The molecule has 0 radical (unpaired) electrons. The van der Waals surface area contributed by atoms with Crippen molar-refractivity contribution >= 4 is 34.6 Å². The van der Waals surface area contributed by atoms with Crippen LogP contribution >= 0.6 is 0 Å². The topological polar surface area (TPSA) is 96.3 Å². The molecule has 1 saturated heterocycles. The van der Waals surface area contributed by atoms with E-state index >= 15 is 0 Å². The largest absolute Gasteiger partial charge is 0.329 e. The van der Waals surface area contributed by atoms with E-state index in [0.29, 0.717) is 5.69 Å². The van der Waals surface area contributed by atoms with Crippen molar-refractivity contribution in [2.75, 3.05) is 5.32 Å². The normalized spacial score (nSPS) is 20.3. The molecular weight excluding hydrogens is 370 g/mol. The summed E-state index contributed by atoms with van der Waals surface area (Å²) >= 11 is 0. The molecule has 1 aliphatic carbocycles. The van der Waals surface area contributed by atoms with Gasteiger partial charge in [-0.25, -0.2) is 9.78 Å². The number of nitrogens with zero attached hydrogens (tertiary/aromatic N) is 3. The monoisotopic (exact) mass is 397 g/mol. The fraction of sp³-hybridized carbons (Fsp3) is 0.524. The van der Waals surface area contributed by atoms with E-state index in [1.165, 1.54) is 4.90 Å². The highest BCUT2D eigenvalue weighted by atomic mass is 16.2. The number of hydrogen-bond acceptors (Lipinski definition) is 4. The standard InChI is InChI=1S/C21H27N5O3/c1-3-25-13(2)22-16-11-14(9-10-18(16)25)23-19(27)12-17-20(28)26(21(29)24-17)15-7-5-4-6-8-15/h9-11,15,17H,3-8,12H2,1-2H3,(H,23,27)(H,24,29)/t17-/m1/s1. The van der Waals surface area contributed by atoms with Crippen molar-refractivity contribution in [3.63, 3.8) is 0 Å². The second-order valence-electron chi connectivity index (χ2n) is 7.86. The molecule has 1 aromatic carbocycles. The number of nitrogens with one attached hydrogen (secondary N) is 2. The first-order valence-corrected chi connectivity index (χ1v) is 10.4. The van der Waals surface area contributed by atoms with Crippen LogP contribution in [0.15, 0.2) is 18.2 Å². The Hall–Kier alpha value is -2.90. The second kappa shape index (κ2) is 7.85. The third kappa shape index (κ3) is 3.71. The number of amides is 4. The van der Waals surface area contributed by atoms with E-state index in [0.717, 1.165) is 55.5 Å². The van der Waals surface area contributed by atoms with Crippen LogP contribution in [0.5, 0.6) is 0 Å². The SMILES string of the molecule is CCn1c(C)nc2cc(NC(=O)C[C@H]3NC(=O)N(C4CCCCC4)C3=O)ccc21. The summed E-state index contributed by atoms with van der Waals surface area (Å²) in [5.41, 5.74) is 2.46. The summed E-state index contributed by atoms with van der Waals surface area (Å²) in [5, 5.41) is 5.50. The van der Waals surface area contributed by atoms with Gasteiger partial charge in [0.1, 0.15) is 11.9 Å². The summed E-state index contributed by atoms with van der Waals surface area (Å²) in [6, 6.07) is 4.38. The van der Waals surface area contributed by atoms with Crippen molar-refractivity contribution in [2.45, 2.75) is 71.0 Å². The van der Waals surface area contributed by atoms with Gasteiger partial charge in [0, 0.05) is 18.3 Å². The molecule has 4 amide bonds. The zero-order valence-electron chi connectivity index (χ0n) is 16.9. The number of hydrogen-bond donors (Lipinski definition) is 2. The Labute approximate surface area is 169 Å². The predicted molar refractivity (Wildman–Crippen MR) is 109 cm³/mol. The van der Waals surface area contributed by atoms with Gasteiger partial charge in [0.25, 0.3) is 5.91 Å². The molecule has 2 fully saturated rings. The van der Waals surface area contributed by atoms with Gasteiger partial charge in [-0.1, -0.05) is 19.3 Å². The molecule has 1 saturated carbocycles. The van der Waals surface area contributed by atoms with Crippen molar-refractivity contribution in [1.29, 1.82) is 0 Å². The van der Waals surface area contributed by atoms with E-state index in [1.54, 1.807) is 0 Å². The van der Waals surface area contributed by atoms with Gasteiger partial charge in [0.05, 0.1) is 17.5 Å². The van der Waals surface area contributed by atoms with Gasteiger partial charge in [-0.15, -0.1) is 0 Å². The summed E-state index contributed by atoms with van der Waals surface area (Å²) in [7, 11) is 0. The highest BCUT2D eigenvalue weighted by Crippen LogP contribution is 2.26. The maximum Gasteiger partial charge on any atom is 0.325 e. The highest BCUT2D eigenvalue weighted by Gasteiger charge is 2.42. The molecule has 2 heterocycles. The maximum absolute atomic E-state index is 12.7. The molecule has 29 heavy (non-hydrogen) atoms. The fourth-order valence-electron chi connectivity index (χ4n) is 4.50. The van der Waals surface area contributed by atoms with Gasteiger partial charge < -0.3 is 15.2 Å². The number of imidazole rings is 1. The Bertz CT molecular complexity index is 961. The highest BCUT2D eigenvalue weighted by molar-refractivity contribution is 6.07. The number of urea groups is 1. The minimum absolute atomic E-state index is 0.0383. The van der Waals surface area contributed by atoms with Crippen LogP contribution in [-0.4, -0.2) is 44.4 Å². The third-order valence-corrected chi connectivity index (χ3v) is 5.92. The molecule has 2 aliphatic rings. The molecular formula is C21H27N5O3. The van der Waals surface area contributed by atoms with Crippen LogP contribution in [0.2, 0.25) is 0 Å². The molecule has 0 unspecified atom stereocenters. The summed E-state index contributed by atoms with van der Waals surface area (Å²) < 4.78 is 2.10. The Morgan fingerprint density at radius 1 is 1.24 bits per heavy atom. The van der Waals surface area contributed by atoms with Gasteiger partial charge in [-0.2, -0.15) is 0 Å². The molecule has 2 N–H and O–H groups in total. The van der Waals surface area contributed by atoms with Gasteiger partial charge in [-0.05, 0) is 44.9 Å². The van der Waals surface area contributed by atoms with Crippen molar-refractivity contribution in [1.82, 2.24) is 19.8 Å². The lowest BCUT2D eigenvalue weighted by Crippen LogP contribution is -2.42. The minimum atomic E-state index is -0.797. The van der Waals surface area contributed by atoms with Gasteiger partial charge in [-0.3, -0.25) is 14.5 Å². The fourth-order valence-corrected chi connectivity index (χ4v) is 4.50. The van der Waals surface area contributed by atoms with Crippen molar-refractivity contribution < 1.29 is 14.4 Å². The van der Waals surface area contributed by atoms with Crippen LogP contribution in [0.3, 0.4) is 0 Å². The number of aryl methyl sites for hydroxylation is 2. The number of imide groups is 1. The van der Waals surface area contributed by atoms with Crippen LogP contribution in [0.4, 0.5) is 10.5 Å². The minimum Gasteiger partial charge on any atom is -0.329 e. The van der Waals surface area contributed by atoms with E-state index in [-0.39, 0.29) is 30.3 Å². The van der Waals surface area contributed by atoms with Crippen LogP contribution in [0.25, 0.3) is 11.0 Å². The first kappa shape index (κ1) is 19.4. The van der Waals surface area contributed by atoms with Crippen molar-refractivity contribution in [3.05, 3.63) is 24.0 Å². The quantitative estimate of drug-likeness (QED) is 0.758. The van der Waals surface area contributed by atoms with Crippen LogP contribution in [0, 0.1) is 6.92 Å². The summed E-state index contributed by atoms with van der Waals surface area (Å²) in [4.78, 5) is 43.4. The molecule has 2 aromatic rings. The first-order chi connectivity index (χ1) is 14.0. The molecule has 0 bridgehead atoms. The van der Waals surface area contributed by atoms with Crippen molar-refractivity contribution in [3.8, 4) is 0 Å². The number of carbonyl (C=O) groups is 3. The number of fused-ring (bicyclic) bond motifs is 1. The average molecular weight is 397 g/mol. The summed E-state index contributed by atoms with van der Waals surface area (Å²) in [5.74, 6) is 0.331. The zero-order valence-corrected chi connectivity index (χ0v) is 16.9. The molecule has 1 atom stereocenters. The van der Waals surface area contributed by atoms with Crippen LogP contribution in [0.1, 0.15) is 51.3 Å². The molecule has 0 spiro atoms. The number of rotatable bonds is 5. The average Bonchev–Trinajstić information content (AvgIpc) is 3.16. The lowest BCUT2D eigenvalue weighted by molar-refractivity contribution is -0.131. The van der Waals surface area contributed by atoms with E-state index in [1.807, 2.05) is 25.1 Å². The van der Waals surface area contributed by atoms with E-state index in [2.05, 4.69) is 27.1 Å². The third-order valence-electron chi connectivity index (χ3n) is 5.92. The molecule has 8 heteroatoms. The number of aromatic nitrogens is 2. The van der Waals surface area contributed by atoms with Crippen LogP contribution in [-0.2, 0) is 16.1 Å². The first-order valence-electron chi connectivity index (χ1n) is 10.4. The molecule has 8 nitrogen and oxygen atoms in total. The lowest BCUT2D eigenvalue weighted by atomic mass is 9.94. The number of benzene rings is 1. The maximum atomic E-state index is 12.7. The Morgan fingerprint density at radius 3 is 2.72 bits per heavy atom. The lowest BCUT2D eigenvalue weighted by Gasteiger charge is -2.28. The predicted octanol–water partition coefficient (Wildman–Crippen LogP) is 2.95. The zero-order chi connectivity index (χ0) is 20.5. The van der Waals surface area contributed by atoms with E-state index in [9.17, 15) is 14.4 Å². The Balaban J connectivity index is 1.41. The second-order valence-corrected chi connectivity index (χ2v) is 7.86. The molecule has 154 valence electrons. The van der Waals surface area contributed by atoms with Gasteiger partial charge in [0.15, 0.2) is 0 Å². The molecule has 1 aromatic heterocycles. The van der Waals surface area contributed by atoms with E-state index < -0.39 is 6.04 Å². The number of carbonyl (C=O) groups excluding carboxylic acids is 3. The molecule has 4 rings (SSSR count). The van der Waals surface area contributed by atoms with E-state index in [4.69, 9.17) is 0 Å². The number of anilines is 1. The molecule has 1 aliphatic heterocycles. The van der Waals surface area contributed by atoms with Gasteiger partial charge in [0.2, 0.25) is 5.91 Å².